The van der Waals surface area contributed by atoms with Crippen LogP contribution >= 0.6 is 11.6 Å². The number of hydrogen-bond acceptors (Lipinski definition) is 2. The highest BCUT2D eigenvalue weighted by molar-refractivity contribution is 6.31. The van der Waals surface area contributed by atoms with Crippen LogP contribution in [0.4, 0.5) is 0 Å². The lowest BCUT2D eigenvalue weighted by atomic mass is 9.86. The number of halogens is 1. The van der Waals surface area contributed by atoms with Crippen molar-refractivity contribution >= 4 is 17.9 Å². The second kappa shape index (κ2) is 6.44. The van der Waals surface area contributed by atoms with E-state index in [2.05, 4.69) is 5.10 Å². The predicted molar refractivity (Wildman–Crippen MR) is 84.0 cm³/mol. The molecule has 110 valence electrons. The van der Waals surface area contributed by atoms with Gasteiger partial charge in [-0.15, -0.1) is 0 Å². The van der Waals surface area contributed by atoms with Crippen molar-refractivity contribution in [3.63, 3.8) is 0 Å². The van der Waals surface area contributed by atoms with Gasteiger partial charge in [-0.2, -0.15) is 5.10 Å². The highest BCUT2D eigenvalue weighted by Crippen LogP contribution is 2.33. The van der Waals surface area contributed by atoms with Crippen molar-refractivity contribution in [3.8, 4) is 0 Å². The van der Waals surface area contributed by atoms with Gasteiger partial charge in [-0.3, -0.25) is 9.48 Å². The number of rotatable bonds is 4. The third-order valence-corrected chi connectivity index (χ3v) is 4.60. The van der Waals surface area contributed by atoms with Gasteiger partial charge in [-0.05, 0) is 24.5 Å². The van der Waals surface area contributed by atoms with Crippen LogP contribution in [0.5, 0.6) is 0 Å². The Labute approximate surface area is 129 Å². The van der Waals surface area contributed by atoms with Crippen LogP contribution in [0, 0.1) is 0 Å². The summed E-state index contributed by atoms with van der Waals surface area (Å²) >= 11 is 6.19. The van der Waals surface area contributed by atoms with Gasteiger partial charge in [0.2, 0.25) is 0 Å². The van der Waals surface area contributed by atoms with E-state index in [0.717, 1.165) is 41.0 Å². The molecule has 3 rings (SSSR count). The molecule has 1 fully saturated rings. The number of carbonyl (C=O) groups is 1. The van der Waals surface area contributed by atoms with Gasteiger partial charge in [-0.25, -0.2) is 0 Å². The van der Waals surface area contributed by atoms with Gasteiger partial charge in [0.1, 0.15) is 0 Å². The maximum Gasteiger partial charge on any atom is 0.153 e. The molecule has 0 unspecified atom stereocenters. The summed E-state index contributed by atoms with van der Waals surface area (Å²) in [4.78, 5) is 11.3. The molecule has 1 heterocycles. The number of benzene rings is 1. The number of hydrogen-bond donors (Lipinski definition) is 0. The first-order chi connectivity index (χ1) is 10.3. The molecule has 1 aromatic heterocycles. The third kappa shape index (κ3) is 3.18. The van der Waals surface area contributed by atoms with Gasteiger partial charge < -0.3 is 0 Å². The lowest BCUT2D eigenvalue weighted by molar-refractivity contribution is 0.112. The molecule has 2 aromatic rings. The van der Waals surface area contributed by atoms with Crippen LogP contribution in [0.1, 0.15) is 59.6 Å². The molecule has 1 aliphatic carbocycles. The summed E-state index contributed by atoms with van der Waals surface area (Å²) in [6.07, 6.45) is 8.84. The van der Waals surface area contributed by atoms with Crippen LogP contribution in [-0.2, 0) is 6.54 Å². The molecule has 3 nitrogen and oxygen atoms in total. The summed E-state index contributed by atoms with van der Waals surface area (Å²) < 4.78 is 1.84. The summed E-state index contributed by atoms with van der Waals surface area (Å²) in [5.74, 6) is 0.437. The Kier molecular flexibility index (Phi) is 4.39. The quantitative estimate of drug-likeness (QED) is 0.782. The van der Waals surface area contributed by atoms with Crippen LogP contribution in [0.25, 0.3) is 0 Å². The summed E-state index contributed by atoms with van der Waals surface area (Å²) in [6, 6.07) is 7.75. The average Bonchev–Trinajstić information content (AvgIpc) is 2.93. The van der Waals surface area contributed by atoms with E-state index in [9.17, 15) is 4.79 Å². The van der Waals surface area contributed by atoms with Crippen LogP contribution in [0.15, 0.2) is 30.5 Å². The Morgan fingerprint density at radius 1 is 1.24 bits per heavy atom. The van der Waals surface area contributed by atoms with Crippen molar-refractivity contribution in [1.82, 2.24) is 9.78 Å². The predicted octanol–water partition coefficient (Wildman–Crippen LogP) is 4.45. The molecular weight excluding hydrogens is 284 g/mol. The van der Waals surface area contributed by atoms with E-state index in [-0.39, 0.29) is 0 Å². The molecular formula is C17H19ClN2O. The van der Waals surface area contributed by atoms with Crippen LogP contribution in [0.2, 0.25) is 5.02 Å². The monoisotopic (exact) mass is 302 g/mol. The van der Waals surface area contributed by atoms with Gasteiger partial charge in [0.25, 0.3) is 0 Å². The molecule has 0 N–H and O–H groups in total. The largest absolute Gasteiger partial charge is 0.298 e. The average molecular weight is 303 g/mol. The highest BCUT2D eigenvalue weighted by atomic mass is 35.5. The maximum atomic E-state index is 11.3. The smallest absolute Gasteiger partial charge is 0.153 e. The molecule has 1 saturated carbocycles. The van der Waals surface area contributed by atoms with Crippen molar-refractivity contribution in [2.75, 3.05) is 0 Å². The Bertz CT molecular complexity index is 629. The molecule has 0 spiro atoms. The van der Waals surface area contributed by atoms with Gasteiger partial charge in [0.15, 0.2) is 6.29 Å². The fraction of sp³-hybridized carbons (Fsp3) is 0.412. The fourth-order valence-electron chi connectivity index (χ4n) is 3.12. The van der Waals surface area contributed by atoms with E-state index in [0.29, 0.717) is 12.5 Å². The third-order valence-electron chi connectivity index (χ3n) is 4.23. The summed E-state index contributed by atoms with van der Waals surface area (Å²) in [6.45, 7) is 0.604. The molecule has 21 heavy (non-hydrogen) atoms. The first-order valence-electron chi connectivity index (χ1n) is 7.54. The number of carbonyl (C=O) groups excluding carboxylic acids is 1. The van der Waals surface area contributed by atoms with E-state index in [1.165, 1.54) is 19.3 Å². The highest BCUT2D eigenvalue weighted by Gasteiger charge is 2.21. The SMILES string of the molecule is O=Cc1cn(Cc2ccccc2Cl)nc1C1CCCCC1. The van der Waals surface area contributed by atoms with E-state index < -0.39 is 0 Å². The van der Waals surface area contributed by atoms with Crippen molar-refractivity contribution in [2.45, 2.75) is 44.6 Å². The molecule has 0 amide bonds. The molecule has 4 heteroatoms. The van der Waals surface area contributed by atoms with E-state index in [1.54, 1.807) is 0 Å². The van der Waals surface area contributed by atoms with Crippen LogP contribution < -0.4 is 0 Å². The van der Waals surface area contributed by atoms with Crippen LogP contribution in [0.3, 0.4) is 0 Å². The Morgan fingerprint density at radius 3 is 2.71 bits per heavy atom. The normalized spacial score (nSPS) is 16.0. The van der Waals surface area contributed by atoms with Gasteiger partial charge in [-0.1, -0.05) is 49.1 Å². The molecule has 1 aliphatic rings. The zero-order chi connectivity index (χ0) is 14.7. The standard InChI is InChI=1S/C17H19ClN2O/c18-16-9-5-4-8-14(16)10-20-11-15(12-21)17(19-20)13-6-2-1-3-7-13/h4-5,8-9,11-13H,1-3,6-7,10H2. The minimum atomic E-state index is 0.437. The maximum absolute atomic E-state index is 11.3. The van der Waals surface area contributed by atoms with E-state index >= 15 is 0 Å². The molecule has 0 bridgehead atoms. The fourth-order valence-corrected chi connectivity index (χ4v) is 3.31. The van der Waals surface area contributed by atoms with E-state index in [4.69, 9.17) is 11.6 Å². The first-order valence-corrected chi connectivity index (χ1v) is 7.91. The minimum absolute atomic E-state index is 0.437. The van der Waals surface area contributed by atoms with Crippen molar-refractivity contribution < 1.29 is 4.79 Å². The first kappa shape index (κ1) is 14.3. The lowest BCUT2D eigenvalue weighted by Gasteiger charge is -2.20. The van der Waals surface area contributed by atoms with Crippen molar-refractivity contribution in [2.24, 2.45) is 0 Å². The number of aromatic nitrogens is 2. The number of aldehydes is 1. The second-order valence-electron chi connectivity index (χ2n) is 5.71. The molecule has 1 aromatic carbocycles. The number of nitrogens with zero attached hydrogens (tertiary/aromatic N) is 2. The molecule has 0 aliphatic heterocycles. The summed E-state index contributed by atoms with van der Waals surface area (Å²) in [7, 11) is 0. The molecule has 0 saturated heterocycles. The topological polar surface area (TPSA) is 34.9 Å². The lowest BCUT2D eigenvalue weighted by Crippen LogP contribution is -2.08. The zero-order valence-electron chi connectivity index (χ0n) is 12.0. The van der Waals surface area contributed by atoms with Crippen molar-refractivity contribution in [3.05, 3.63) is 52.3 Å². The molecule has 0 radical (unpaired) electrons. The van der Waals surface area contributed by atoms with Gasteiger partial charge in [0.05, 0.1) is 17.8 Å². The Morgan fingerprint density at radius 2 is 2.00 bits per heavy atom. The Hall–Kier alpha value is -1.61. The minimum Gasteiger partial charge on any atom is -0.298 e. The van der Waals surface area contributed by atoms with Gasteiger partial charge in [0, 0.05) is 17.1 Å². The van der Waals surface area contributed by atoms with Crippen molar-refractivity contribution in [1.29, 1.82) is 0 Å². The van der Waals surface area contributed by atoms with E-state index in [1.807, 2.05) is 35.1 Å². The second-order valence-corrected chi connectivity index (χ2v) is 6.12. The van der Waals surface area contributed by atoms with Gasteiger partial charge >= 0.3 is 0 Å². The summed E-state index contributed by atoms with van der Waals surface area (Å²) in [5.41, 5.74) is 2.72. The van der Waals surface area contributed by atoms with Crippen LogP contribution in [-0.4, -0.2) is 16.1 Å². The zero-order valence-corrected chi connectivity index (χ0v) is 12.7. The molecule has 0 atom stereocenters. The Balaban J connectivity index is 1.85. The summed E-state index contributed by atoms with van der Waals surface area (Å²) in [5, 5.41) is 5.40.